The first-order chi connectivity index (χ1) is 32.1. The molecule has 66 heavy (non-hydrogen) atoms. The molecule has 9 N–H and O–H groups in total. The molecule has 1 amide bonds. The fourth-order valence-electron chi connectivity index (χ4n) is 9.06. The van der Waals surface area contributed by atoms with Gasteiger partial charge in [0, 0.05) is 6.42 Å². The second-order valence-electron chi connectivity index (χ2n) is 19.4. The molecule has 0 aromatic rings. The average molecular weight is 946 g/mol. The van der Waals surface area contributed by atoms with Gasteiger partial charge < -0.3 is 65.1 Å². The number of allylic oxidation sites excluding steroid dienone is 1. The van der Waals surface area contributed by atoms with E-state index >= 15 is 0 Å². The van der Waals surface area contributed by atoms with Gasteiger partial charge in [0.15, 0.2) is 12.6 Å². The van der Waals surface area contributed by atoms with Gasteiger partial charge in [-0.1, -0.05) is 206 Å². The van der Waals surface area contributed by atoms with Crippen LogP contribution in [0.4, 0.5) is 0 Å². The molecule has 14 heteroatoms. The third-order valence-electron chi connectivity index (χ3n) is 13.5. The Labute approximate surface area is 399 Å². The van der Waals surface area contributed by atoms with Gasteiger partial charge in [0.05, 0.1) is 32.0 Å². The largest absolute Gasteiger partial charge is 0.394 e. The summed E-state index contributed by atoms with van der Waals surface area (Å²) >= 11 is 0. The smallest absolute Gasteiger partial charge is 0.220 e. The number of nitrogens with one attached hydrogen (secondary N) is 1. The number of aliphatic hydroxyl groups is 8. The molecular weight excluding hydrogens is 847 g/mol. The van der Waals surface area contributed by atoms with Crippen LogP contribution in [0.15, 0.2) is 12.2 Å². The van der Waals surface area contributed by atoms with Crippen molar-refractivity contribution in [3.8, 4) is 0 Å². The predicted molar refractivity (Wildman–Crippen MR) is 259 cm³/mol. The summed E-state index contributed by atoms with van der Waals surface area (Å²) in [5, 5.41) is 86.7. The Morgan fingerprint density at radius 2 is 0.939 bits per heavy atom. The van der Waals surface area contributed by atoms with E-state index in [0.29, 0.717) is 6.42 Å². The van der Waals surface area contributed by atoms with Gasteiger partial charge in [0.25, 0.3) is 0 Å². The second kappa shape index (κ2) is 39.5. The van der Waals surface area contributed by atoms with Crippen LogP contribution in [0.1, 0.15) is 219 Å². The van der Waals surface area contributed by atoms with Gasteiger partial charge in [-0.25, -0.2) is 0 Å². The minimum absolute atomic E-state index is 0.237. The monoisotopic (exact) mass is 946 g/mol. The Morgan fingerprint density at radius 1 is 0.530 bits per heavy atom. The van der Waals surface area contributed by atoms with Gasteiger partial charge in [-0.15, -0.1) is 0 Å². The number of unbranched alkanes of at least 4 members (excludes halogenated alkanes) is 29. The molecule has 0 radical (unpaired) electrons. The summed E-state index contributed by atoms with van der Waals surface area (Å²) in [6, 6.07) is -0.907. The minimum atomic E-state index is -1.78. The Kier molecular flexibility index (Phi) is 36.4. The number of amides is 1. The van der Waals surface area contributed by atoms with Crippen LogP contribution in [-0.4, -0.2) is 140 Å². The van der Waals surface area contributed by atoms with Gasteiger partial charge in [-0.3, -0.25) is 4.79 Å². The van der Waals surface area contributed by atoms with Crippen molar-refractivity contribution in [3.63, 3.8) is 0 Å². The lowest BCUT2D eigenvalue weighted by Gasteiger charge is -2.46. The summed E-state index contributed by atoms with van der Waals surface area (Å²) in [7, 11) is 0. The normalized spacial score (nSPS) is 26.8. The predicted octanol–water partition coefficient (Wildman–Crippen LogP) is 7.55. The molecule has 2 heterocycles. The molecule has 2 fully saturated rings. The molecule has 2 saturated heterocycles. The van der Waals surface area contributed by atoms with E-state index in [2.05, 4.69) is 19.2 Å². The zero-order valence-electron chi connectivity index (χ0n) is 41.5. The number of rotatable bonds is 42. The van der Waals surface area contributed by atoms with Crippen molar-refractivity contribution in [3.05, 3.63) is 12.2 Å². The highest BCUT2D eigenvalue weighted by Gasteiger charge is 2.51. The molecule has 0 aromatic carbocycles. The maximum atomic E-state index is 13.2. The van der Waals surface area contributed by atoms with Crippen LogP contribution >= 0.6 is 0 Å². The van der Waals surface area contributed by atoms with Gasteiger partial charge in [0.1, 0.15) is 48.8 Å². The Balaban J connectivity index is 1.75. The van der Waals surface area contributed by atoms with Gasteiger partial charge in [-0.05, 0) is 19.3 Å². The molecule has 0 bridgehead atoms. The Morgan fingerprint density at radius 3 is 1.39 bits per heavy atom. The summed E-state index contributed by atoms with van der Waals surface area (Å²) in [5.74, 6) is -0.237. The third-order valence-corrected chi connectivity index (χ3v) is 13.5. The van der Waals surface area contributed by atoms with Crippen LogP contribution in [0.3, 0.4) is 0 Å². The van der Waals surface area contributed by atoms with Crippen LogP contribution in [0.5, 0.6) is 0 Å². The van der Waals surface area contributed by atoms with Crippen molar-refractivity contribution in [1.29, 1.82) is 0 Å². The molecule has 14 nitrogen and oxygen atoms in total. The molecule has 4 unspecified atom stereocenters. The van der Waals surface area contributed by atoms with Crippen LogP contribution in [0, 0.1) is 0 Å². The first kappa shape index (κ1) is 60.9. The first-order valence-electron chi connectivity index (χ1n) is 26.9. The number of ether oxygens (including phenoxy) is 4. The molecule has 0 spiro atoms. The van der Waals surface area contributed by atoms with E-state index in [4.69, 9.17) is 18.9 Å². The summed E-state index contributed by atoms with van der Waals surface area (Å²) in [6.45, 7) is 2.78. The maximum Gasteiger partial charge on any atom is 0.220 e. The second-order valence-corrected chi connectivity index (χ2v) is 19.4. The molecular formula is C52H99NO13. The van der Waals surface area contributed by atoms with E-state index in [9.17, 15) is 45.6 Å². The van der Waals surface area contributed by atoms with Gasteiger partial charge in [0.2, 0.25) is 5.91 Å². The lowest BCUT2D eigenvalue weighted by molar-refractivity contribution is -0.359. The Bertz CT molecular complexity index is 1160. The third kappa shape index (κ3) is 26.1. The summed E-state index contributed by atoms with van der Waals surface area (Å²) < 4.78 is 22.7. The molecule has 0 saturated carbocycles. The Hall–Kier alpha value is -1.27. The zero-order chi connectivity index (χ0) is 48.2. The molecule has 2 rings (SSSR count). The summed E-state index contributed by atoms with van der Waals surface area (Å²) in [5.41, 5.74) is 0. The van der Waals surface area contributed by atoms with Crippen molar-refractivity contribution < 1.29 is 64.6 Å². The molecule has 390 valence electrons. The summed E-state index contributed by atoms with van der Waals surface area (Å²) in [6.07, 6.45) is 25.5. The fraction of sp³-hybridized carbons (Fsp3) is 0.942. The summed E-state index contributed by atoms with van der Waals surface area (Å²) in [4.78, 5) is 13.2. The van der Waals surface area contributed by atoms with Crippen molar-refractivity contribution in [2.24, 2.45) is 0 Å². The van der Waals surface area contributed by atoms with E-state index in [-0.39, 0.29) is 18.9 Å². The lowest BCUT2D eigenvalue weighted by atomic mass is 9.97. The van der Waals surface area contributed by atoms with Gasteiger partial charge in [-0.2, -0.15) is 0 Å². The molecule has 0 aromatic heterocycles. The van der Waals surface area contributed by atoms with Crippen LogP contribution in [0.2, 0.25) is 0 Å². The van der Waals surface area contributed by atoms with E-state index in [1.54, 1.807) is 6.08 Å². The van der Waals surface area contributed by atoms with E-state index in [0.717, 1.165) is 38.5 Å². The van der Waals surface area contributed by atoms with Gasteiger partial charge >= 0.3 is 0 Å². The number of hydrogen-bond acceptors (Lipinski definition) is 13. The number of carbonyl (C=O) groups excluding carboxylic acids is 1. The minimum Gasteiger partial charge on any atom is -0.394 e. The van der Waals surface area contributed by atoms with Crippen molar-refractivity contribution in [1.82, 2.24) is 5.32 Å². The van der Waals surface area contributed by atoms with Crippen LogP contribution in [0.25, 0.3) is 0 Å². The standard InChI is InChI=1S/C52H99NO13/c1-3-5-7-9-11-13-15-16-17-18-19-20-21-22-23-24-25-26-28-30-32-34-36-44(57)53-40(41(56)35-33-31-29-27-14-12-10-8-6-4-2)39-63-51-49(62)47(60)50(43(38-55)65-51)66-52-48(61)46(59)45(58)42(37-54)64-52/h33,35,40-43,45-52,54-56,58-62H,3-32,34,36-39H2,1-2H3,(H,53,57)/b35-33+/t40-,41+,42+,43+,45-,46?,47?,48?,49?,50+,51+,52-/m0/s1. The van der Waals surface area contributed by atoms with E-state index < -0.39 is 86.8 Å². The molecule has 12 atom stereocenters. The molecule has 2 aliphatic rings. The lowest BCUT2D eigenvalue weighted by Crippen LogP contribution is -2.65. The number of aliphatic hydroxyl groups excluding tert-OH is 8. The van der Waals surface area contributed by atoms with Crippen molar-refractivity contribution in [2.75, 3.05) is 19.8 Å². The van der Waals surface area contributed by atoms with Crippen molar-refractivity contribution >= 4 is 5.91 Å². The zero-order valence-corrected chi connectivity index (χ0v) is 41.5. The highest BCUT2D eigenvalue weighted by atomic mass is 16.7. The van der Waals surface area contributed by atoms with Crippen molar-refractivity contribution in [2.45, 2.75) is 293 Å². The fourth-order valence-corrected chi connectivity index (χ4v) is 9.06. The highest BCUT2D eigenvalue weighted by Crippen LogP contribution is 2.30. The van der Waals surface area contributed by atoms with Crippen LogP contribution < -0.4 is 5.32 Å². The maximum absolute atomic E-state index is 13.2. The number of carbonyl (C=O) groups is 1. The van der Waals surface area contributed by atoms with E-state index in [1.165, 1.54) is 154 Å². The van der Waals surface area contributed by atoms with Crippen LogP contribution in [-0.2, 0) is 23.7 Å². The molecule has 0 aliphatic carbocycles. The topological polar surface area (TPSA) is 228 Å². The highest BCUT2D eigenvalue weighted by molar-refractivity contribution is 5.76. The van der Waals surface area contributed by atoms with E-state index in [1.807, 2.05) is 6.08 Å². The average Bonchev–Trinajstić information content (AvgIpc) is 3.31. The molecule has 2 aliphatic heterocycles. The quantitative estimate of drug-likeness (QED) is 0.0213. The SMILES string of the molecule is CCCCCCCCCC/C=C/[C@@H](O)[C@H](CO[C@@H]1O[C@H](CO)[C@@H](O[C@@H]2O[C@H](CO)[C@H](O)C(O)C2O)C(O)C1O)NC(=O)CCCCCCCCCCCCCCCCCCCCCCCC. The number of hydrogen-bond donors (Lipinski definition) is 9. The first-order valence-corrected chi connectivity index (χ1v) is 26.9.